The quantitative estimate of drug-likeness (QED) is 0.240. The van der Waals surface area contributed by atoms with Gasteiger partial charge < -0.3 is 0 Å². The van der Waals surface area contributed by atoms with Crippen LogP contribution in [0.5, 0.6) is 0 Å². The molecular formula is HI2PS20. The topological polar surface area (TPSA) is 0 Å². The predicted octanol–water partition coefficient (Wildman–Crippen LogP) is 2.32. The van der Waals surface area contributed by atoms with Crippen LogP contribution in [0.25, 0.3) is 0 Å². The molecule has 0 bridgehead atoms. The van der Waals surface area contributed by atoms with Gasteiger partial charge >= 0.3 is 0 Å². The minimum Gasteiger partial charge on any atom is -0.0917 e. The number of hydrogen-bond acceptors (Lipinski definition) is 1. The third kappa shape index (κ3) is 28.4. The van der Waals surface area contributed by atoms with Crippen molar-refractivity contribution in [3.05, 3.63) is 0 Å². The highest BCUT2D eigenvalue weighted by molar-refractivity contribution is 14.3. The Labute approximate surface area is 222 Å². The van der Waals surface area contributed by atoms with Gasteiger partial charge in [-0.1, -0.05) is 9.84 Å². The molecule has 0 aromatic carbocycles. The molecule has 1 atom stereocenters. The van der Waals surface area contributed by atoms with Crippen molar-refractivity contribution in [3.63, 3.8) is 0 Å². The molecule has 0 aliphatic rings. The second-order valence-corrected chi connectivity index (χ2v) is 52.0. The van der Waals surface area contributed by atoms with Gasteiger partial charge in [-0.15, -0.1) is 0 Å². The summed E-state index contributed by atoms with van der Waals surface area (Å²) < 4.78 is 7.65. The van der Waals surface area contributed by atoms with Crippen molar-refractivity contribution in [1.82, 2.24) is 0 Å². The Morgan fingerprint density at radius 1 is 0.609 bits per heavy atom. The molecule has 0 saturated carbocycles. The van der Waals surface area contributed by atoms with Crippen LogP contribution >= 0.6 is 46.5 Å². The van der Waals surface area contributed by atoms with Gasteiger partial charge in [-0.05, 0) is 124 Å². The number of rotatable bonds is 1. The van der Waals surface area contributed by atoms with Crippen molar-refractivity contribution in [2.45, 2.75) is 0 Å². The van der Waals surface area contributed by atoms with Gasteiger partial charge in [0.2, 0.25) is 0 Å². The summed E-state index contributed by atoms with van der Waals surface area (Å²) in [5, 5.41) is 0. The van der Waals surface area contributed by atoms with Crippen molar-refractivity contribution < 1.29 is 0 Å². The maximum Gasteiger partial charge on any atom is 0.114 e. The fraction of sp³-hybridized carbons (Fsp3) is 0. The van der Waals surface area contributed by atoms with Crippen LogP contribution in [0.15, 0.2) is 0 Å². The second-order valence-electron chi connectivity index (χ2n) is 1.50. The highest BCUT2D eigenvalue weighted by Gasteiger charge is 1.81. The average Bonchev–Trinajstić information content (AvgIpc) is 2.57. The molecule has 0 spiro atoms. The molecule has 0 N–H and O–H groups in total. The first-order chi connectivity index (χ1) is 11.7. The molecule has 0 nitrogen and oxygen atoms in total. The molecule has 140 valence electrons. The van der Waals surface area contributed by atoms with Gasteiger partial charge in [0.05, 0.1) is 2.41 Å². The van der Waals surface area contributed by atoms with Crippen molar-refractivity contribution in [1.29, 1.82) is 1.12 Å². The SMILES string of the molecule is [2H]S(=S=S=S=S=S=S=S=S=S=S=S=S=S=S=S=S=S=S=S)P(I)I. The largest absolute Gasteiger partial charge is 0.114 e. The van der Waals surface area contributed by atoms with E-state index >= 15 is 0 Å². The normalized spacial score (nSPS) is 10.3. The first-order valence-corrected chi connectivity index (χ1v) is 36.9. The van der Waals surface area contributed by atoms with Crippen LogP contribution in [-0.2, 0) is 181 Å². The summed E-state index contributed by atoms with van der Waals surface area (Å²) in [7, 11) is 31.1. The van der Waals surface area contributed by atoms with E-state index < -0.39 is 0 Å². The van der Waals surface area contributed by atoms with E-state index in [2.05, 4.69) is 44.1 Å². The van der Waals surface area contributed by atoms with Gasteiger partial charge in [0.25, 0.3) is 0 Å². The van der Waals surface area contributed by atoms with E-state index in [1.807, 2.05) is 0 Å². The lowest BCUT2D eigenvalue weighted by Crippen LogP contribution is -1.41. The smallest absolute Gasteiger partial charge is 0.0917 e. The Hall–Kier alpha value is 6.42. The molecule has 0 aliphatic carbocycles. The second kappa shape index (κ2) is 26.5. The summed E-state index contributed by atoms with van der Waals surface area (Å²) in [6.07, 6.45) is 0. The maximum atomic E-state index is 7.84. The van der Waals surface area contributed by atoms with E-state index in [1.165, 1.54) is 8.88 Å². The molecule has 0 amide bonds. The van der Waals surface area contributed by atoms with E-state index in [1.54, 1.807) is 151 Å². The highest BCUT2D eigenvalue weighted by atomic mass is 127. The van der Waals surface area contributed by atoms with Crippen molar-refractivity contribution in [2.24, 2.45) is 0 Å². The predicted molar refractivity (Wildman–Crippen MR) is 184 cm³/mol. The number of hydrogen-bond donors (Lipinski definition) is 1. The first kappa shape index (κ1) is 27.5. The standard InChI is InChI=1S/HI2PS20/c1-3(2)5-7-9-11-13-15-17-19-21-23-22-20-18-16-14-12-10-8-6-4/h5H/i5D. The summed E-state index contributed by atoms with van der Waals surface area (Å²) >= 11 is 9.50. The van der Waals surface area contributed by atoms with Gasteiger partial charge in [-0.3, -0.25) is 0 Å². The molecule has 0 fully saturated rings. The molecular weight excluding hydrogens is 926 g/mol. The summed E-state index contributed by atoms with van der Waals surface area (Å²) in [4.78, 5) is 0. The van der Waals surface area contributed by atoms with Crippen molar-refractivity contribution in [2.75, 3.05) is 0 Å². The van der Waals surface area contributed by atoms with E-state index in [0.29, 0.717) is 0 Å². The molecule has 23 heteroatoms. The Balaban J connectivity index is 5.79. The number of thiol groups is 1. The zero-order valence-corrected chi connectivity index (χ0v) is 30.9. The zero-order chi connectivity index (χ0) is 17.9. The molecule has 0 aromatic rings. The van der Waals surface area contributed by atoms with Crippen molar-refractivity contribution >= 4 is 227 Å². The first-order valence-electron chi connectivity index (χ1n) is 4.10. The minimum atomic E-state index is -0.254. The summed E-state index contributed by atoms with van der Waals surface area (Å²) in [5.74, 6) is 0. The maximum absolute atomic E-state index is 7.84. The van der Waals surface area contributed by atoms with Gasteiger partial charge in [0.1, 0.15) is 1.12 Å². The lowest BCUT2D eigenvalue weighted by molar-refractivity contribution is 5.79. The van der Waals surface area contributed by atoms with Gasteiger partial charge in [-0.2, -0.15) is 0 Å². The Kier molecular flexibility index (Phi) is 31.6. The fourth-order valence-corrected chi connectivity index (χ4v) is 59.6. The Bertz CT molecular complexity index is 1180. The molecule has 0 saturated heterocycles. The van der Waals surface area contributed by atoms with E-state index in [-0.39, 0.29) is 12.3 Å². The minimum absolute atomic E-state index is 0.191. The monoisotopic (exact) mass is 926 g/mol. The third-order valence-corrected chi connectivity index (χ3v) is 50.9. The Morgan fingerprint density at radius 3 is 1.22 bits per heavy atom. The van der Waals surface area contributed by atoms with Crippen LogP contribution < -0.4 is 0 Å². The highest BCUT2D eigenvalue weighted by Crippen LogP contribution is 2.52. The van der Waals surface area contributed by atoms with Crippen molar-refractivity contribution in [3.8, 4) is 0 Å². The molecule has 0 aromatic heterocycles. The van der Waals surface area contributed by atoms with Gasteiger partial charge in [0.15, 0.2) is 0 Å². The Morgan fingerprint density at radius 2 is 0.913 bits per heavy atom. The van der Waals surface area contributed by atoms with Gasteiger partial charge in [0, 0.05) is 91.1 Å². The lowest BCUT2D eigenvalue weighted by Gasteiger charge is -1.79. The molecule has 0 heterocycles. The van der Waals surface area contributed by atoms with E-state index in [4.69, 9.17) is 12.3 Å². The van der Waals surface area contributed by atoms with Crippen LogP contribution in [0, 0.1) is 0 Å². The average molecular weight is 928 g/mol. The van der Waals surface area contributed by atoms with Crippen LogP contribution in [-0.4, -0.2) is 1.12 Å². The van der Waals surface area contributed by atoms with Crippen LogP contribution in [0.4, 0.5) is 0 Å². The molecule has 0 aliphatic heterocycles. The number of halogens is 2. The fourth-order valence-electron chi connectivity index (χ4n) is 0.217. The lowest BCUT2D eigenvalue weighted by atomic mass is 30.3. The molecule has 0 radical (unpaired) electrons. The van der Waals surface area contributed by atoms with Gasteiger partial charge in [-0.25, -0.2) is 0 Å². The van der Waals surface area contributed by atoms with Crippen LogP contribution in [0.2, 0.25) is 0 Å². The van der Waals surface area contributed by atoms with E-state index in [9.17, 15) is 0 Å². The molecule has 23 heavy (non-hydrogen) atoms. The summed E-state index contributed by atoms with van der Waals surface area (Å²) in [6, 6.07) is 0. The molecule has 0 rings (SSSR count). The summed E-state index contributed by atoms with van der Waals surface area (Å²) in [5.41, 5.74) is 0. The summed E-state index contributed by atoms with van der Waals surface area (Å²) in [6.45, 7) is 0. The zero-order valence-electron chi connectivity index (χ0n) is 10.4. The van der Waals surface area contributed by atoms with E-state index in [0.717, 1.165) is 0 Å². The third-order valence-electron chi connectivity index (χ3n) is 0.559. The molecule has 1 unspecified atom stereocenters. The van der Waals surface area contributed by atoms with Crippen LogP contribution in [0.1, 0.15) is 0 Å². The van der Waals surface area contributed by atoms with Crippen LogP contribution in [0.3, 0.4) is 0 Å².